The highest BCUT2D eigenvalue weighted by Gasteiger charge is 2.14. The van der Waals surface area contributed by atoms with Gasteiger partial charge in [0.15, 0.2) is 0 Å². The molecular formula is C20H17N5O2. The Morgan fingerprint density at radius 1 is 1.00 bits per heavy atom. The Hall–Kier alpha value is -3.74. The molecule has 0 fully saturated rings. The van der Waals surface area contributed by atoms with Crippen molar-refractivity contribution in [2.45, 2.75) is 13.1 Å². The zero-order valence-corrected chi connectivity index (χ0v) is 14.4. The third-order valence-electron chi connectivity index (χ3n) is 4.35. The van der Waals surface area contributed by atoms with Gasteiger partial charge in [0.1, 0.15) is 5.52 Å². The maximum absolute atomic E-state index is 11.2. The monoisotopic (exact) mass is 359 g/mol. The first kappa shape index (κ1) is 16.7. The number of non-ortho nitro benzene ring substituents is 1. The molecule has 4 aromatic rings. The van der Waals surface area contributed by atoms with Crippen molar-refractivity contribution in [3.63, 3.8) is 0 Å². The molecule has 134 valence electrons. The van der Waals surface area contributed by atoms with E-state index in [9.17, 15) is 10.1 Å². The van der Waals surface area contributed by atoms with E-state index in [4.69, 9.17) is 0 Å². The Bertz CT molecular complexity index is 1080. The Labute approximate surface area is 155 Å². The summed E-state index contributed by atoms with van der Waals surface area (Å²) < 4.78 is 1.88. The van der Waals surface area contributed by atoms with Gasteiger partial charge >= 0.3 is 0 Å². The molecule has 0 unspecified atom stereocenters. The first-order valence-electron chi connectivity index (χ1n) is 8.52. The highest BCUT2D eigenvalue weighted by Crippen LogP contribution is 2.29. The molecule has 2 aromatic heterocycles. The Morgan fingerprint density at radius 2 is 1.81 bits per heavy atom. The third-order valence-corrected chi connectivity index (χ3v) is 4.35. The van der Waals surface area contributed by atoms with E-state index >= 15 is 0 Å². The zero-order chi connectivity index (χ0) is 18.6. The normalized spacial score (nSPS) is 10.8. The minimum absolute atomic E-state index is 0.0617. The Balaban J connectivity index is 1.50. The van der Waals surface area contributed by atoms with Gasteiger partial charge in [-0.2, -0.15) is 5.10 Å². The fraction of sp³-hybridized carbons (Fsp3) is 0.100. The van der Waals surface area contributed by atoms with E-state index in [-0.39, 0.29) is 10.6 Å². The minimum atomic E-state index is -0.383. The summed E-state index contributed by atoms with van der Waals surface area (Å²) in [5.41, 5.74) is 3.72. The van der Waals surface area contributed by atoms with Gasteiger partial charge in [-0.25, -0.2) is 0 Å². The lowest BCUT2D eigenvalue weighted by molar-refractivity contribution is -0.383. The number of aromatic nitrogens is 3. The van der Waals surface area contributed by atoms with Crippen LogP contribution in [0.2, 0.25) is 0 Å². The molecule has 27 heavy (non-hydrogen) atoms. The van der Waals surface area contributed by atoms with Gasteiger partial charge in [0.05, 0.1) is 22.5 Å². The molecular weight excluding hydrogens is 342 g/mol. The van der Waals surface area contributed by atoms with Gasteiger partial charge in [0, 0.05) is 31.2 Å². The highest BCUT2D eigenvalue weighted by molar-refractivity contribution is 5.96. The van der Waals surface area contributed by atoms with E-state index in [0.717, 1.165) is 17.8 Å². The van der Waals surface area contributed by atoms with E-state index in [2.05, 4.69) is 39.7 Å². The maximum atomic E-state index is 11.2. The number of nitro benzene ring substituents is 1. The van der Waals surface area contributed by atoms with Gasteiger partial charge < -0.3 is 5.32 Å². The summed E-state index contributed by atoms with van der Waals surface area (Å²) >= 11 is 0. The van der Waals surface area contributed by atoms with Gasteiger partial charge in [0.25, 0.3) is 5.69 Å². The van der Waals surface area contributed by atoms with Crippen molar-refractivity contribution in [2.24, 2.45) is 0 Å². The number of anilines is 1. The molecule has 7 heteroatoms. The number of nitrogens with zero attached hydrogens (tertiary/aromatic N) is 4. The summed E-state index contributed by atoms with van der Waals surface area (Å²) in [4.78, 5) is 15.1. The second kappa shape index (κ2) is 7.25. The van der Waals surface area contributed by atoms with Gasteiger partial charge in [-0.05, 0) is 35.4 Å². The van der Waals surface area contributed by atoms with E-state index in [1.54, 1.807) is 30.6 Å². The average Bonchev–Trinajstić information content (AvgIpc) is 3.20. The van der Waals surface area contributed by atoms with Crippen molar-refractivity contribution in [3.05, 3.63) is 94.4 Å². The summed E-state index contributed by atoms with van der Waals surface area (Å²) in [6.07, 6.45) is 5.34. The lowest BCUT2D eigenvalue weighted by atomic mass is 10.1. The van der Waals surface area contributed by atoms with Crippen LogP contribution in [0.3, 0.4) is 0 Å². The van der Waals surface area contributed by atoms with E-state index in [1.165, 1.54) is 11.6 Å². The number of benzene rings is 2. The average molecular weight is 359 g/mol. The number of hydrogen-bond acceptors (Lipinski definition) is 5. The molecule has 0 spiro atoms. The largest absolute Gasteiger partial charge is 0.379 e. The SMILES string of the molecule is O=[N+]([O-])c1ccc(NCc2ccc(Cn3cccn3)cc2)c2ncccc12. The van der Waals surface area contributed by atoms with E-state index < -0.39 is 0 Å². The molecule has 1 N–H and O–H groups in total. The smallest absolute Gasteiger partial charge is 0.278 e. The van der Waals surface area contributed by atoms with Crippen LogP contribution in [0.15, 0.2) is 73.2 Å². The van der Waals surface area contributed by atoms with Crippen molar-refractivity contribution in [3.8, 4) is 0 Å². The fourth-order valence-corrected chi connectivity index (χ4v) is 3.00. The van der Waals surface area contributed by atoms with Crippen molar-refractivity contribution < 1.29 is 4.92 Å². The molecule has 4 rings (SSSR count). The molecule has 2 heterocycles. The standard InChI is InChI=1S/C20H17N5O2/c26-25(27)19-9-8-18(20-17(19)3-1-10-21-20)22-13-15-4-6-16(7-5-15)14-24-12-2-11-23-24/h1-12,22H,13-14H2. The second-order valence-corrected chi connectivity index (χ2v) is 6.16. The molecule has 0 aliphatic heterocycles. The highest BCUT2D eigenvalue weighted by atomic mass is 16.6. The van der Waals surface area contributed by atoms with Gasteiger partial charge in [-0.15, -0.1) is 0 Å². The first-order chi connectivity index (χ1) is 13.2. The Kier molecular flexibility index (Phi) is 4.49. The third kappa shape index (κ3) is 3.62. The molecule has 0 amide bonds. The van der Waals surface area contributed by atoms with Gasteiger partial charge in [-0.1, -0.05) is 24.3 Å². The quantitative estimate of drug-likeness (QED) is 0.415. The predicted molar refractivity (Wildman–Crippen MR) is 103 cm³/mol. The number of fused-ring (bicyclic) bond motifs is 1. The van der Waals surface area contributed by atoms with Crippen molar-refractivity contribution in [2.75, 3.05) is 5.32 Å². The molecule has 0 radical (unpaired) electrons. The lowest BCUT2D eigenvalue weighted by Gasteiger charge is -2.10. The van der Waals surface area contributed by atoms with Gasteiger partial charge in [-0.3, -0.25) is 19.8 Å². The lowest BCUT2D eigenvalue weighted by Crippen LogP contribution is -2.03. The first-order valence-corrected chi connectivity index (χ1v) is 8.52. The summed E-state index contributed by atoms with van der Waals surface area (Å²) in [5, 5.41) is 19.3. The van der Waals surface area contributed by atoms with Crippen LogP contribution in [0.4, 0.5) is 11.4 Å². The molecule has 0 aliphatic rings. The molecule has 0 atom stereocenters. The summed E-state index contributed by atoms with van der Waals surface area (Å²) in [5.74, 6) is 0. The second-order valence-electron chi connectivity index (χ2n) is 6.16. The summed E-state index contributed by atoms with van der Waals surface area (Å²) in [6, 6.07) is 16.8. The van der Waals surface area contributed by atoms with Crippen molar-refractivity contribution >= 4 is 22.3 Å². The molecule has 0 aliphatic carbocycles. The molecule has 0 bridgehead atoms. The predicted octanol–water partition coefficient (Wildman–Crippen LogP) is 4.00. The van der Waals surface area contributed by atoms with Crippen LogP contribution in [0.25, 0.3) is 10.9 Å². The van der Waals surface area contributed by atoms with Crippen LogP contribution in [0, 0.1) is 10.1 Å². The zero-order valence-electron chi connectivity index (χ0n) is 14.4. The van der Waals surface area contributed by atoms with Gasteiger partial charge in [0.2, 0.25) is 0 Å². The van der Waals surface area contributed by atoms with Crippen LogP contribution in [-0.2, 0) is 13.1 Å². The fourth-order valence-electron chi connectivity index (χ4n) is 3.00. The molecule has 2 aromatic carbocycles. The van der Waals surface area contributed by atoms with Crippen molar-refractivity contribution in [1.29, 1.82) is 0 Å². The summed E-state index contributed by atoms with van der Waals surface area (Å²) in [6.45, 7) is 1.34. The number of pyridine rings is 1. The molecule has 0 saturated carbocycles. The van der Waals surface area contributed by atoms with Crippen molar-refractivity contribution in [1.82, 2.24) is 14.8 Å². The number of nitro groups is 1. The van der Waals surface area contributed by atoms with Crippen LogP contribution in [-0.4, -0.2) is 19.7 Å². The summed E-state index contributed by atoms with van der Waals surface area (Å²) in [7, 11) is 0. The number of nitrogens with one attached hydrogen (secondary N) is 1. The number of hydrogen-bond donors (Lipinski definition) is 1. The van der Waals surface area contributed by atoms with Crippen LogP contribution in [0.5, 0.6) is 0 Å². The van der Waals surface area contributed by atoms with Crippen LogP contribution >= 0.6 is 0 Å². The Morgan fingerprint density at radius 3 is 2.56 bits per heavy atom. The van der Waals surface area contributed by atoms with E-state index in [0.29, 0.717) is 17.4 Å². The van der Waals surface area contributed by atoms with Crippen LogP contribution in [0.1, 0.15) is 11.1 Å². The molecule has 7 nitrogen and oxygen atoms in total. The minimum Gasteiger partial charge on any atom is -0.379 e. The maximum Gasteiger partial charge on any atom is 0.278 e. The number of rotatable bonds is 6. The molecule has 0 saturated heterocycles. The van der Waals surface area contributed by atoms with E-state index in [1.807, 2.05) is 16.9 Å². The topological polar surface area (TPSA) is 85.9 Å². The van der Waals surface area contributed by atoms with Crippen LogP contribution < -0.4 is 5.32 Å².